The fourth-order valence-corrected chi connectivity index (χ4v) is 2.20. The summed E-state index contributed by atoms with van der Waals surface area (Å²) in [6, 6.07) is 5.06. The maximum Gasteiger partial charge on any atom is 0.255 e. The topological polar surface area (TPSA) is 58.6 Å². The molecule has 0 aromatic heterocycles. The van der Waals surface area contributed by atoms with Gasteiger partial charge in [-0.1, -0.05) is 6.07 Å². The van der Waals surface area contributed by atoms with Crippen molar-refractivity contribution in [3.63, 3.8) is 0 Å². The van der Waals surface area contributed by atoms with Crippen LogP contribution in [0, 0.1) is 12.8 Å². The molecule has 98 valence electrons. The van der Waals surface area contributed by atoms with Crippen LogP contribution in [0.3, 0.4) is 0 Å². The molecular weight excluding hydrogens is 230 g/mol. The Bertz CT molecular complexity index is 445. The highest BCUT2D eigenvalue weighted by Gasteiger charge is 2.24. The quantitative estimate of drug-likeness (QED) is 0.859. The second-order valence-corrected chi connectivity index (χ2v) is 4.86. The van der Waals surface area contributed by atoms with E-state index in [2.05, 4.69) is 5.32 Å². The Hall–Kier alpha value is -1.55. The third-order valence-electron chi connectivity index (χ3n) is 3.46. The summed E-state index contributed by atoms with van der Waals surface area (Å²) in [5.74, 6) is 0.163. The first-order chi connectivity index (χ1) is 8.58. The Balaban J connectivity index is 1.95. The summed E-state index contributed by atoms with van der Waals surface area (Å²) < 4.78 is 5.44. The molecule has 1 aliphatic rings. The molecule has 0 bridgehead atoms. The molecule has 18 heavy (non-hydrogen) atoms. The molecule has 1 saturated heterocycles. The third-order valence-corrected chi connectivity index (χ3v) is 3.46. The summed E-state index contributed by atoms with van der Waals surface area (Å²) in [6.07, 6.45) is 1.17. The monoisotopic (exact) mass is 249 g/mol. The number of nitrogens with one attached hydrogen (secondary N) is 1. The predicted molar refractivity (Wildman–Crippen MR) is 68.7 cm³/mol. The van der Waals surface area contributed by atoms with Crippen molar-refractivity contribution >= 4 is 5.91 Å². The minimum atomic E-state index is -0.230. The number of aromatic hydroxyl groups is 1. The number of hydrogen-bond donors (Lipinski definition) is 2. The van der Waals surface area contributed by atoms with E-state index in [1.807, 2.05) is 19.9 Å². The van der Waals surface area contributed by atoms with Crippen molar-refractivity contribution < 1.29 is 14.6 Å². The molecule has 2 unspecified atom stereocenters. The number of rotatable bonds is 3. The van der Waals surface area contributed by atoms with Gasteiger partial charge in [0.25, 0.3) is 5.91 Å². The second-order valence-electron chi connectivity index (χ2n) is 4.86. The van der Waals surface area contributed by atoms with Crippen LogP contribution in [0.2, 0.25) is 0 Å². The number of hydrogen-bond acceptors (Lipinski definition) is 3. The van der Waals surface area contributed by atoms with E-state index in [-0.39, 0.29) is 17.8 Å². The molecule has 4 nitrogen and oxygen atoms in total. The molecule has 2 rings (SSSR count). The first kappa shape index (κ1) is 12.9. The molecule has 0 aliphatic carbocycles. The van der Waals surface area contributed by atoms with Gasteiger partial charge in [0.1, 0.15) is 5.75 Å². The average Bonchev–Trinajstić information content (AvgIpc) is 2.72. The Morgan fingerprint density at radius 1 is 1.56 bits per heavy atom. The minimum absolute atomic E-state index is 0.0308. The fraction of sp³-hybridized carbons (Fsp3) is 0.500. The average molecular weight is 249 g/mol. The lowest BCUT2D eigenvalue weighted by molar-refractivity contribution is 0.0905. The molecule has 0 saturated carbocycles. The van der Waals surface area contributed by atoms with Crippen LogP contribution >= 0.6 is 0 Å². The van der Waals surface area contributed by atoms with E-state index < -0.39 is 0 Å². The summed E-state index contributed by atoms with van der Waals surface area (Å²) in [7, 11) is 0. The number of phenols is 1. The van der Waals surface area contributed by atoms with E-state index in [9.17, 15) is 9.90 Å². The third kappa shape index (κ3) is 2.82. The van der Waals surface area contributed by atoms with Crippen molar-refractivity contribution in [2.24, 2.45) is 5.92 Å². The van der Waals surface area contributed by atoms with E-state index in [0.717, 1.165) is 18.6 Å². The van der Waals surface area contributed by atoms with E-state index in [0.29, 0.717) is 18.0 Å². The maximum absolute atomic E-state index is 11.9. The van der Waals surface area contributed by atoms with Gasteiger partial charge in [0.05, 0.1) is 11.7 Å². The lowest BCUT2D eigenvalue weighted by atomic mass is 10.0. The van der Waals surface area contributed by atoms with E-state index in [1.165, 1.54) is 0 Å². The first-order valence-electron chi connectivity index (χ1n) is 6.27. The van der Waals surface area contributed by atoms with E-state index in [4.69, 9.17) is 4.74 Å². The van der Waals surface area contributed by atoms with Crippen LogP contribution in [-0.2, 0) is 4.74 Å². The molecule has 1 amide bonds. The minimum Gasteiger partial charge on any atom is -0.507 e. The fourth-order valence-electron chi connectivity index (χ4n) is 2.20. The number of carbonyl (C=O) groups excluding carboxylic acids is 1. The zero-order valence-electron chi connectivity index (χ0n) is 10.8. The number of carbonyl (C=O) groups is 1. The number of aryl methyl sites for hydroxylation is 1. The maximum atomic E-state index is 11.9. The highest BCUT2D eigenvalue weighted by atomic mass is 16.5. The highest BCUT2D eigenvalue weighted by molar-refractivity contribution is 5.96. The zero-order valence-corrected chi connectivity index (χ0v) is 10.8. The first-order valence-corrected chi connectivity index (χ1v) is 6.27. The van der Waals surface area contributed by atoms with Crippen LogP contribution in [0.1, 0.15) is 29.3 Å². The molecule has 1 aromatic rings. The van der Waals surface area contributed by atoms with Crippen molar-refractivity contribution in [2.45, 2.75) is 26.4 Å². The Kier molecular flexibility index (Phi) is 3.87. The van der Waals surface area contributed by atoms with Gasteiger partial charge in [-0.05, 0) is 38.0 Å². The number of amides is 1. The van der Waals surface area contributed by atoms with Crippen molar-refractivity contribution in [1.82, 2.24) is 5.32 Å². The molecule has 0 radical (unpaired) electrons. The van der Waals surface area contributed by atoms with Gasteiger partial charge >= 0.3 is 0 Å². The van der Waals surface area contributed by atoms with Crippen LogP contribution in [-0.4, -0.2) is 30.3 Å². The SMILES string of the molecule is Cc1ccc(C(=O)NCC2CCOC2C)c(O)c1. The Morgan fingerprint density at radius 2 is 2.33 bits per heavy atom. The Labute approximate surface area is 107 Å². The number of ether oxygens (including phenoxy) is 1. The van der Waals surface area contributed by atoms with Gasteiger partial charge in [-0.2, -0.15) is 0 Å². The van der Waals surface area contributed by atoms with Gasteiger partial charge in [-0.3, -0.25) is 4.79 Å². The van der Waals surface area contributed by atoms with Crippen molar-refractivity contribution in [2.75, 3.05) is 13.2 Å². The lowest BCUT2D eigenvalue weighted by Crippen LogP contribution is -2.31. The molecule has 2 atom stereocenters. The van der Waals surface area contributed by atoms with Crippen LogP contribution < -0.4 is 5.32 Å². The molecule has 2 N–H and O–H groups in total. The normalized spacial score (nSPS) is 23.0. The summed E-state index contributed by atoms with van der Waals surface area (Å²) in [5.41, 5.74) is 1.26. The molecule has 1 aliphatic heterocycles. The highest BCUT2D eigenvalue weighted by Crippen LogP contribution is 2.21. The standard InChI is InChI=1S/C14H19NO3/c1-9-3-4-12(13(16)7-9)14(17)15-8-11-5-6-18-10(11)2/h3-4,7,10-11,16H,5-6,8H2,1-2H3,(H,15,17). The van der Waals surface area contributed by atoms with Gasteiger partial charge < -0.3 is 15.2 Å². The summed E-state index contributed by atoms with van der Waals surface area (Å²) >= 11 is 0. The van der Waals surface area contributed by atoms with Gasteiger partial charge in [0.15, 0.2) is 0 Å². The zero-order chi connectivity index (χ0) is 13.1. The predicted octanol–water partition coefficient (Wildman–Crippen LogP) is 1.86. The van der Waals surface area contributed by atoms with Crippen molar-refractivity contribution in [1.29, 1.82) is 0 Å². The lowest BCUT2D eigenvalue weighted by Gasteiger charge is -2.15. The largest absolute Gasteiger partial charge is 0.507 e. The van der Waals surface area contributed by atoms with Gasteiger partial charge in [-0.25, -0.2) is 0 Å². The van der Waals surface area contributed by atoms with E-state index >= 15 is 0 Å². The van der Waals surface area contributed by atoms with E-state index in [1.54, 1.807) is 12.1 Å². The van der Waals surface area contributed by atoms with Crippen LogP contribution in [0.15, 0.2) is 18.2 Å². The number of benzene rings is 1. The molecule has 1 heterocycles. The van der Waals surface area contributed by atoms with Crippen LogP contribution in [0.5, 0.6) is 5.75 Å². The van der Waals surface area contributed by atoms with Crippen LogP contribution in [0.25, 0.3) is 0 Å². The summed E-state index contributed by atoms with van der Waals surface area (Å²) in [6.45, 7) is 5.25. The smallest absolute Gasteiger partial charge is 0.255 e. The molecule has 1 fully saturated rings. The second kappa shape index (κ2) is 5.40. The number of phenolic OH excluding ortho intramolecular Hbond substituents is 1. The van der Waals surface area contributed by atoms with Crippen LogP contribution in [0.4, 0.5) is 0 Å². The van der Waals surface area contributed by atoms with Crippen molar-refractivity contribution in [3.05, 3.63) is 29.3 Å². The summed E-state index contributed by atoms with van der Waals surface area (Å²) in [4.78, 5) is 11.9. The molecule has 0 spiro atoms. The van der Waals surface area contributed by atoms with Gasteiger partial charge in [0, 0.05) is 19.1 Å². The Morgan fingerprint density at radius 3 is 2.94 bits per heavy atom. The molecular formula is C14H19NO3. The van der Waals surface area contributed by atoms with Gasteiger partial charge in [0.2, 0.25) is 0 Å². The van der Waals surface area contributed by atoms with Crippen molar-refractivity contribution in [3.8, 4) is 5.75 Å². The van der Waals surface area contributed by atoms with Gasteiger partial charge in [-0.15, -0.1) is 0 Å². The molecule has 4 heteroatoms. The summed E-state index contributed by atoms with van der Waals surface area (Å²) in [5, 5.41) is 12.6. The molecule has 1 aromatic carbocycles.